The summed E-state index contributed by atoms with van der Waals surface area (Å²) in [5.41, 5.74) is 1.04. The van der Waals surface area contributed by atoms with E-state index in [9.17, 15) is 9.18 Å². The number of rotatable bonds is 9. The van der Waals surface area contributed by atoms with E-state index < -0.39 is 11.6 Å². The van der Waals surface area contributed by atoms with Crippen molar-refractivity contribution < 1.29 is 33.2 Å². The molecule has 1 aliphatic heterocycles. The number of carboxylic acid groups (broad SMARTS) is 1. The first-order valence-corrected chi connectivity index (χ1v) is 9.72. The van der Waals surface area contributed by atoms with Gasteiger partial charge in [0.1, 0.15) is 41.9 Å². The van der Waals surface area contributed by atoms with Gasteiger partial charge in [0.25, 0.3) is 0 Å². The molecule has 0 aliphatic carbocycles. The number of hydrogen-bond donors (Lipinski definition) is 1. The molecule has 1 aliphatic rings. The number of carbonyl (C=O) groups is 1. The van der Waals surface area contributed by atoms with Gasteiger partial charge in [-0.25, -0.2) is 9.18 Å². The van der Waals surface area contributed by atoms with Crippen molar-refractivity contribution in [3.05, 3.63) is 89.7 Å². The molecular formula is C24H21FO6. The SMILES string of the molecule is O=C(O)COC1(c2ccc(OCc3cccc(Oc4ccc(F)cc4)c3)cc2)COC1. The van der Waals surface area contributed by atoms with Gasteiger partial charge in [0, 0.05) is 0 Å². The number of halogens is 1. The molecule has 3 aromatic rings. The van der Waals surface area contributed by atoms with Crippen molar-refractivity contribution in [2.24, 2.45) is 0 Å². The smallest absolute Gasteiger partial charge is 0.329 e. The van der Waals surface area contributed by atoms with E-state index in [-0.39, 0.29) is 12.4 Å². The van der Waals surface area contributed by atoms with Crippen LogP contribution in [0.4, 0.5) is 4.39 Å². The quantitative estimate of drug-likeness (QED) is 0.544. The second-order valence-corrected chi connectivity index (χ2v) is 7.19. The van der Waals surface area contributed by atoms with Crippen molar-refractivity contribution in [1.29, 1.82) is 0 Å². The fourth-order valence-corrected chi connectivity index (χ4v) is 3.18. The van der Waals surface area contributed by atoms with Crippen LogP contribution in [0.3, 0.4) is 0 Å². The van der Waals surface area contributed by atoms with Gasteiger partial charge in [-0.15, -0.1) is 0 Å². The molecule has 4 rings (SSSR count). The molecule has 7 heteroatoms. The Kier molecular flexibility index (Phi) is 6.16. The van der Waals surface area contributed by atoms with Crippen LogP contribution in [-0.2, 0) is 26.5 Å². The highest BCUT2D eigenvalue weighted by Crippen LogP contribution is 2.34. The standard InChI is InChI=1S/C24H21FO6/c25-19-6-10-21(11-7-19)31-22-3-1-2-17(12-22)13-29-20-8-4-18(5-9-20)24(15-28-16-24)30-14-23(26)27/h1-12H,13-16H2,(H,26,27). The lowest BCUT2D eigenvalue weighted by molar-refractivity contribution is -0.220. The van der Waals surface area contributed by atoms with Crippen molar-refractivity contribution in [1.82, 2.24) is 0 Å². The molecular weight excluding hydrogens is 403 g/mol. The summed E-state index contributed by atoms with van der Waals surface area (Å²) in [5, 5.41) is 8.87. The van der Waals surface area contributed by atoms with Crippen LogP contribution in [0.25, 0.3) is 0 Å². The molecule has 3 aromatic carbocycles. The maximum Gasteiger partial charge on any atom is 0.329 e. The summed E-state index contributed by atoms with van der Waals surface area (Å²) in [6.45, 7) is 0.602. The Balaban J connectivity index is 1.36. The largest absolute Gasteiger partial charge is 0.489 e. The molecule has 0 aromatic heterocycles. The van der Waals surface area contributed by atoms with E-state index in [1.54, 1.807) is 12.1 Å². The summed E-state index contributed by atoms with van der Waals surface area (Å²) >= 11 is 0. The van der Waals surface area contributed by atoms with E-state index in [2.05, 4.69) is 0 Å². The van der Waals surface area contributed by atoms with Gasteiger partial charge in [-0.3, -0.25) is 0 Å². The molecule has 31 heavy (non-hydrogen) atoms. The van der Waals surface area contributed by atoms with Gasteiger partial charge in [-0.2, -0.15) is 0 Å². The van der Waals surface area contributed by atoms with Crippen molar-refractivity contribution in [3.63, 3.8) is 0 Å². The predicted octanol–water partition coefficient (Wildman–Crippen LogP) is 4.52. The van der Waals surface area contributed by atoms with Gasteiger partial charge in [0.15, 0.2) is 0 Å². The fraction of sp³-hybridized carbons (Fsp3) is 0.208. The van der Waals surface area contributed by atoms with Gasteiger partial charge in [-0.05, 0) is 59.7 Å². The predicted molar refractivity (Wildman–Crippen MR) is 110 cm³/mol. The van der Waals surface area contributed by atoms with E-state index >= 15 is 0 Å². The van der Waals surface area contributed by atoms with E-state index in [0.717, 1.165) is 11.1 Å². The monoisotopic (exact) mass is 424 g/mol. The van der Waals surface area contributed by atoms with Crippen LogP contribution in [0.2, 0.25) is 0 Å². The third-order valence-corrected chi connectivity index (χ3v) is 4.88. The zero-order chi connectivity index (χ0) is 21.7. The lowest BCUT2D eigenvalue weighted by Crippen LogP contribution is -2.49. The molecule has 0 unspecified atom stereocenters. The van der Waals surface area contributed by atoms with Crippen LogP contribution in [0.5, 0.6) is 17.2 Å². The molecule has 0 atom stereocenters. The summed E-state index contributed by atoms with van der Waals surface area (Å²) in [6.07, 6.45) is 0. The topological polar surface area (TPSA) is 74.2 Å². The molecule has 1 saturated heterocycles. The fourth-order valence-electron chi connectivity index (χ4n) is 3.18. The summed E-state index contributed by atoms with van der Waals surface area (Å²) < 4.78 is 35.4. The Labute approximate surface area is 178 Å². The highest BCUT2D eigenvalue weighted by atomic mass is 19.1. The molecule has 1 N–H and O–H groups in total. The van der Waals surface area contributed by atoms with Gasteiger partial charge in [0.2, 0.25) is 0 Å². The van der Waals surface area contributed by atoms with Crippen molar-refractivity contribution in [3.8, 4) is 17.2 Å². The van der Waals surface area contributed by atoms with Crippen molar-refractivity contribution >= 4 is 5.97 Å². The molecule has 0 saturated carbocycles. The van der Waals surface area contributed by atoms with Crippen LogP contribution < -0.4 is 9.47 Å². The summed E-state index contributed by atoms with van der Waals surface area (Å²) in [4.78, 5) is 10.8. The van der Waals surface area contributed by atoms with E-state index in [1.807, 2.05) is 48.5 Å². The normalized spacial score (nSPS) is 14.5. The molecule has 0 bridgehead atoms. The third-order valence-electron chi connectivity index (χ3n) is 4.88. The number of aliphatic carboxylic acids is 1. The molecule has 0 radical (unpaired) electrons. The Bertz CT molecular complexity index is 1030. The van der Waals surface area contributed by atoms with Crippen LogP contribution >= 0.6 is 0 Å². The average Bonchev–Trinajstić information content (AvgIpc) is 2.74. The zero-order valence-electron chi connectivity index (χ0n) is 16.6. The van der Waals surface area contributed by atoms with E-state index in [4.69, 9.17) is 24.1 Å². The molecule has 1 heterocycles. The van der Waals surface area contributed by atoms with Crippen molar-refractivity contribution in [2.75, 3.05) is 19.8 Å². The van der Waals surface area contributed by atoms with Gasteiger partial charge < -0.3 is 24.1 Å². The lowest BCUT2D eigenvalue weighted by Gasteiger charge is -2.41. The van der Waals surface area contributed by atoms with E-state index in [0.29, 0.717) is 37.1 Å². The second-order valence-electron chi connectivity index (χ2n) is 7.19. The molecule has 1 fully saturated rings. The van der Waals surface area contributed by atoms with Gasteiger partial charge in [-0.1, -0.05) is 24.3 Å². The minimum Gasteiger partial charge on any atom is -0.489 e. The zero-order valence-corrected chi connectivity index (χ0v) is 16.6. The Morgan fingerprint density at radius 1 is 0.968 bits per heavy atom. The Hall–Kier alpha value is -3.42. The van der Waals surface area contributed by atoms with Crippen LogP contribution in [0.1, 0.15) is 11.1 Å². The van der Waals surface area contributed by atoms with Crippen LogP contribution in [-0.4, -0.2) is 30.9 Å². The number of hydrogen-bond acceptors (Lipinski definition) is 5. The highest BCUT2D eigenvalue weighted by molar-refractivity contribution is 5.68. The maximum atomic E-state index is 13.0. The first kappa shape index (κ1) is 20.8. The van der Waals surface area contributed by atoms with Crippen LogP contribution in [0.15, 0.2) is 72.8 Å². The number of ether oxygens (including phenoxy) is 4. The first-order valence-electron chi connectivity index (χ1n) is 9.72. The summed E-state index contributed by atoms with van der Waals surface area (Å²) in [6, 6.07) is 20.6. The highest BCUT2D eigenvalue weighted by Gasteiger charge is 2.42. The van der Waals surface area contributed by atoms with E-state index in [1.165, 1.54) is 12.1 Å². The second kappa shape index (κ2) is 9.16. The molecule has 0 amide bonds. The average molecular weight is 424 g/mol. The minimum atomic E-state index is -1.02. The molecule has 0 spiro atoms. The maximum absolute atomic E-state index is 13.0. The van der Waals surface area contributed by atoms with Gasteiger partial charge in [0.05, 0.1) is 13.2 Å². The summed E-state index contributed by atoms with van der Waals surface area (Å²) in [5.74, 6) is 0.517. The number of benzene rings is 3. The molecule has 160 valence electrons. The Morgan fingerprint density at radius 2 is 1.68 bits per heavy atom. The van der Waals surface area contributed by atoms with Gasteiger partial charge >= 0.3 is 5.97 Å². The lowest BCUT2D eigenvalue weighted by atomic mass is 9.91. The van der Waals surface area contributed by atoms with Crippen LogP contribution in [0, 0.1) is 5.82 Å². The minimum absolute atomic E-state index is 0.315. The summed E-state index contributed by atoms with van der Waals surface area (Å²) in [7, 11) is 0. The van der Waals surface area contributed by atoms with Crippen molar-refractivity contribution in [2.45, 2.75) is 12.2 Å². The molecule has 6 nitrogen and oxygen atoms in total. The number of carboxylic acids is 1. The third kappa shape index (κ3) is 5.20. The first-order chi connectivity index (χ1) is 15.0. The Morgan fingerprint density at radius 3 is 2.32 bits per heavy atom.